The molecule has 0 saturated heterocycles. The maximum absolute atomic E-state index is 12.2. The molecule has 0 aliphatic heterocycles. The van der Waals surface area contributed by atoms with Gasteiger partial charge in [-0.1, -0.05) is 37.6 Å². The molecule has 0 amide bonds. The number of anilines is 1. The van der Waals surface area contributed by atoms with Crippen LogP contribution < -0.4 is 20.5 Å². The molecule has 0 fully saturated rings. The molecule has 0 saturated carbocycles. The highest BCUT2D eigenvalue weighted by Gasteiger charge is 2.31. The fourth-order valence-corrected chi connectivity index (χ4v) is 3.58. The molecule has 4 aromatic rings. The first-order valence-electron chi connectivity index (χ1n) is 11.7. The molecule has 0 radical (unpaired) electrons. The Morgan fingerprint density at radius 3 is 2.24 bits per heavy atom. The van der Waals surface area contributed by atoms with Crippen LogP contribution in [0.2, 0.25) is 0 Å². The number of hydrogen-bond acceptors (Lipinski definition) is 5. The molecular formula is C27H28F3N5O2S. The van der Waals surface area contributed by atoms with Crippen LogP contribution in [0.15, 0.2) is 73.1 Å². The number of benzene rings is 3. The maximum atomic E-state index is 12.2. The number of halogens is 3. The van der Waals surface area contributed by atoms with E-state index in [0.717, 1.165) is 35.4 Å². The molecule has 0 aliphatic rings. The normalized spacial score (nSPS) is 10.8. The lowest BCUT2D eigenvalue weighted by Gasteiger charge is -2.09. The van der Waals surface area contributed by atoms with Gasteiger partial charge < -0.3 is 20.5 Å². The number of aromatic nitrogens is 3. The second kappa shape index (κ2) is 12.9. The molecule has 38 heavy (non-hydrogen) atoms. The predicted octanol–water partition coefficient (Wildman–Crippen LogP) is 6.44. The van der Waals surface area contributed by atoms with Gasteiger partial charge in [0, 0.05) is 11.3 Å². The average Bonchev–Trinajstić information content (AvgIpc) is 3.36. The van der Waals surface area contributed by atoms with Crippen LogP contribution in [0.4, 0.5) is 18.9 Å². The van der Waals surface area contributed by atoms with E-state index in [1.165, 1.54) is 40.8 Å². The number of nitrogens with two attached hydrogens (primary N) is 1. The van der Waals surface area contributed by atoms with Gasteiger partial charge in [-0.3, -0.25) is 0 Å². The zero-order valence-corrected chi connectivity index (χ0v) is 21.9. The Morgan fingerprint density at radius 1 is 1.03 bits per heavy atom. The standard InChI is InChI=1S/C18H16F3N3O.C9H12N2OS/c1-2-3-13-4-6-14(7-5-13)17-22-12-24(23-17)15-8-10-16(11-9-15)25-18(19,20)21;1-6-5-7(12-2)3-4-8(6)11-9(10)13/h4-12H,2-3H2,1H3;3-5H,1-2H3,(H3,10,11,13). The van der Waals surface area contributed by atoms with Crippen molar-refractivity contribution in [1.82, 2.24) is 14.8 Å². The van der Waals surface area contributed by atoms with Crippen LogP contribution in [0.5, 0.6) is 11.5 Å². The summed E-state index contributed by atoms with van der Waals surface area (Å²) in [6, 6.07) is 19.1. The monoisotopic (exact) mass is 543 g/mol. The average molecular weight is 544 g/mol. The summed E-state index contributed by atoms with van der Waals surface area (Å²) in [6.07, 6.45) is -1.07. The van der Waals surface area contributed by atoms with Gasteiger partial charge in [0.05, 0.1) is 12.8 Å². The first-order chi connectivity index (χ1) is 18.1. The highest BCUT2D eigenvalue weighted by atomic mass is 32.1. The first-order valence-corrected chi connectivity index (χ1v) is 12.1. The van der Waals surface area contributed by atoms with Crippen LogP contribution in [0.3, 0.4) is 0 Å². The summed E-state index contributed by atoms with van der Waals surface area (Å²) in [5.74, 6) is 1.10. The molecule has 3 N–H and O–H groups in total. The van der Waals surface area contributed by atoms with Crippen LogP contribution in [0.1, 0.15) is 24.5 Å². The van der Waals surface area contributed by atoms with Gasteiger partial charge in [0.1, 0.15) is 17.8 Å². The van der Waals surface area contributed by atoms with Crippen molar-refractivity contribution >= 4 is 23.0 Å². The Bertz CT molecular complexity index is 1340. The van der Waals surface area contributed by atoms with E-state index in [0.29, 0.717) is 11.5 Å². The summed E-state index contributed by atoms with van der Waals surface area (Å²) in [5, 5.41) is 7.52. The predicted molar refractivity (Wildman–Crippen MR) is 146 cm³/mol. The Balaban J connectivity index is 0.000000260. The van der Waals surface area contributed by atoms with E-state index in [9.17, 15) is 13.2 Å². The molecule has 0 atom stereocenters. The van der Waals surface area contributed by atoms with Crippen molar-refractivity contribution in [2.75, 3.05) is 12.4 Å². The number of ether oxygens (including phenoxy) is 2. The third kappa shape index (κ3) is 8.48. The highest BCUT2D eigenvalue weighted by molar-refractivity contribution is 7.80. The minimum Gasteiger partial charge on any atom is -0.497 e. The summed E-state index contributed by atoms with van der Waals surface area (Å²) < 4.78 is 47.0. The van der Waals surface area contributed by atoms with Crippen molar-refractivity contribution in [2.45, 2.75) is 33.1 Å². The second-order valence-corrected chi connectivity index (χ2v) is 8.61. The van der Waals surface area contributed by atoms with Crippen LogP contribution in [0.25, 0.3) is 17.1 Å². The fourth-order valence-electron chi connectivity index (χ4n) is 3.47. The molecule has 7 nitrogen and oxygen atoms in total. The molecule has 0 unspecified atom stereocenters. The van der Waals surface area contributed by atoms with Gasteiger partial charge in [-0.05, 0) is 79.2 Å². The highest BCUT2D eigenvalue weighted by Crippen LogP contribution is 2.24. The molecule has 0 aliphatic carbocycles. The quantitative estimate of drug-likeness (QED) is 0.259. The van der Waals surface area contributed by atoms with Gasteiger partial charge in [-0.25, -0.2) is 9.67 Å². The van der Waals surface area contributed by atoms with Gasteiger partial charge in [0.15, 0.2) is 10.9 Å². The van der Waals surface area contributed by atoms with Gasteiger partial charge >= 0.3 is 6.36 Å². The molecular weight excluding hydrogens is 515 g/mol. The summed E-state index contributed by atoms with van der Waals surface area (Å²) in [4.78, 5) is 4.26. The SMILES string of the molecule is CCCc1ccc(-c2ncn(-c3ccc(OC(F)(F)F)cc3)n2)cc1.COc1ccc(NC(N)=S)c(C)c1. The van der Waals surface area contributed by atoms with Crippen molar-refractivity contribution in [3.8, 4) is 28.6 Å². The van der Waals surface area contributed by atoms with Crippen LogP contribution in [-0.2, 0) is 6.42 Å². The van der Waals surface area contributed by atoms with E-state index in [2.05, 4.69) is 27.1 Å². The number of methoxy groups -OCH3 is 1. The van der Waals surface area contributed by atoms with Gasteiger partial charge in [0.25, 0.3) is 0 Å². The number of rotatable bonds is 7. The van der Waals surface area contributed by atoms with Crippen LogP contribution >= 0.6 is 12.2 Å². The lowest BCUT2D eigenvalue weighted by Crippen LogP contribution is -2.19. The van der Waals surface area contributed by atoms with Crippen molar-refractivity contribution in [1.29, 1.82) is 0 Å². The zero-order valence-electron chi connectivity index (χ0n) is 21.1. The van der Waals surface area contributed by atoms with E-state index < -0.39 is 6.36 Å². The van der Waals surface area contributed by atoms with E-state index in [1.807, 2.05) is 49.4 Å². The van der Waals surface area contributed by atoms with E-state index >= 15 is 0 Å². The van der Waals surface area contributed by atoms with E-state index in [-0.39, 0.29) is 10.9 Å². The van der Waals surface area contributed by atoms with Crippen molar-refractivity contribution < 1.29 is 22.6 Å². The minimum absolute atomic E-state index is 0.272. The molecule has 0 spiro atoms. The Labute approximate surface area is 224 Å². The third-order valence-corrected chi connectivity index (χ3v) is 5.37. The number of nitrogens with one attached hydrogen (secondary N) is 1. The molecule has 1 heterocycles. The minimum atomic E-state index is -4.70. The smallest absolute Gasteiger partial charge is 0.497 e. The van der Waals surface area contributed by atoms with Crippen LogP contribution in [0, 0.1) is 6.92 Å². The summed E-state index contributed by atoms with van der Waals surface area (Å²) in [6.45, 7) is 4.09. The Morgan fingerprint density at radius 2 is 1.68 bits per heavy atom. The topological polar surface area (TPSA) is 87.2 Å². The molecule has 4 rings (SSSR count). The number of alkyl halides is 3. The van der Waals surface area contributed by atoms with E-state index in [4.69, 9.17) is 22.7 Å². The van der Waals surface area contributed by atoms with Gasteiger partial charge in [-0.15, -0.1) is 18.3 Å². The molecule has 11 heteroatoms. The zero-order chi connectivity index (χ0) is 27.7. The Kier molecular flexibility index (Phi) is 9.66. The number of nitrogens with zero attached hydrogens (tertiary/aromatic N) is 3. The van der Waals surface area contributed by atoms with E-state index in [1.54, 1.807) is 7.11 Å². The third-order valence-electron chi connectivity index (χ3n) is 5.27. The summed E-state index contributed by atoms with van der Waals surface area (Å²) in [7, 11) is 1.63. The van der Waals surface area contributed by atoms with Crippen molar-refractivity contribution in [2.24, 2.45) is 5.73 Å². The fraction of sp³-hybridized carbons (Fsp3) is 0.222. The van der Waals surface area contributed by atoms with Crippen molar-refractivity contribution in [3.63, 3.8) is 0 Å². The van der Waals surface area contributed by atoms with Crippen LogP contribution in [-0.4, -0.2) is 33.3 Å². The lowest BCUT2D eigenvalue weighted by atomic mass is 10.1. The second-order valence-electron chi connectivity index (χ2n) is 8.17. The van der Waals surface area contributed by atoms with Gasteiger partial charge in [0.2, 0.25) is 0 Å². The summed E-state index contributed by atoms with van der Waals surface area (Å²) >= 11 is 4.73. The molecule has 200 valence electrons. The van der Waals surface area contributed by atoms with Gasteiger partial charge in [-0.2, -0.15) is 0 Å². The Hall–Kier alpha value is -4.12. The molecule has 3 aromatic carbocycles. The largest absolute Gasteiger partial charge is 0.573 e. The summed E-state index contributed by atoms with van der Waals surface area (Å²) in [5.41, 5.74) is 10.0. The van der Waals surface area contributed by atoms with Crippen molar-refractivity contribution in [3.05, 3.63) is 84.2 Å². The first kappa shape index (κ1) is 28.5. The lowest BCUT2D eigenvalue weighted by molar-refractivity contribution is -0.274. The maximum Gasteiger partial charge on any atom is 0.573 e. The number of hydrogen-bond donors (Lipinski definition) is 2. The number of thiocarbonyl (C=S) groups is 1. The molecule has 1 aromatic heterocycles. The molecule has 0 bridgehead atoms. The number of aryl methyl sites for hydroxylation is 2.